The van der Waals surface area contributed by atoms with Gasteiger partial charge in [-0.1, -0.05) is 24.9 Å². The summed E-state index contributed by atoms with van der Waals surface area (Å²) in [5.41, 5.74) is 5.61. The molecule has 0 fully saturated rings. The summed E-state index contributed by atoms with van der Waals surface area (Å²) >= 11 is 9.00. The van der Waals surface area contributed by atoms with Gasteiger partial charge in [-0.2, -0.15) is 0 Å². The number of carbonyl (C=O) groups excluding carboxylic acids is 1. The van der Waals surface area contributed by atoms with Gasteiger partial charge in [0.2, 0.25) is 5.91 Å². The van der Waals surface area contributed by atoms with Crippen LogP contribution in [0.15, 0.2) is 16.7 Å². The first-order chi connectivity index (χ1) is 7.86. The van der Waals surface area contributed by atoms with Crippen LogP contribution in [0.3, 0.4) is 0 Å². The molecule has 0 saturated heterocycles. The summed E-state index contributed by atoms with van der Waals surface area (Å²) in [6.45, 7) is 3.70. The maximum absolute atomic E-state index is 11.9. The smallest absolute Gasteiger partial charge is 0.244 e. The van der Waals surface area contributed by atoms with E-state index in [0.717, 1.165) is 6.42 Å². The molecule has 0 bridgehead atoms. The number of nitrogens with two attached hydrogens (primary N) is 1. The highest BCUT2D eigenvalue weighted by Gasteiger charge is 2.27. The van der Waals surface area contributed by atoms with Gasteiger partial charge in [-0.25, -0.2) is 4.98 Å². The Balaban J connectivity index is 2.77. The van der Waals surface area contributed by atoms with Gasteiger partial charge in [-0.05, 0) is 35.3 Å². The predicted molar refractivity (Wildman–Crippen MR) is 73.1 cm³/mol. The van der Waals surface area contributed by atoms with E-state index in [1.165, 1.54) is 6.20 Å². The summed E-state index contributed by atoms with van der Waals surface area (Å²) in [6.07, 6.45) is 2.97. The van der Waals surface area contributed by atoms with E-state index in [0.29, 0.717) is 21.7 Å². The van der Waals surface area contributed by atoms with E-state index in [9.17, 15) is 4.79 Å². The molecule has 1 unspecified atom stereocenters. The lowest BCUT2D eigenvalue weighted by Crippen LogP contribution is -2.48. The van der Waals surface area contributed by atoms with Gasteiger partial charge < -0.3 is 11.1 Å². The molecule has 0 aliphatic heterocycles. The van der Waals surface area contributed by atoms with Crippen LogP contribution in [0.4, 0.5) is 5.69 Å². The third kappa shape index (κ3) is 3.94. The van der Waals surface area contributed by atoms with Crippen molar-refractivity contribution in [3.8, 4) is 0 Å². The predicted octanol–water partition coefficient (Wildman–Crippen LogP) is 2.95. The topological polar surface area (TPSA) is 68.0 Å². The number of carbonyl (C=O) groups is 1. The Morgan fingerprint density at radius 3 is 2.88 bits per heavy atom. The van der Waals surface area contributed by atoms with Gasteiger partial charge >= 0.3 is 0 Å². The second-order valence-corrected chi connectivity index (χ2v) is 5.33. The molecule has 1 aromatic rings. The fourth-order valence-electron chi connectivity index (χ4n) is 1.40. The lowest BCUT2D eigenvalue weighted by Gasteiger charge is -2.22. The summed E-state index contributed by atoms with van der Waals surface area (Å²) in [6, 6.07) is 1.69. The number of amides is 1. The Bertz CT molecular complexity index is 423. The van der Waals surface area contributed by atoms with E-state index in [4.69, 9.17) is 17.3 Å². The Kier molecular flexibility index (Phi) is 4.91. The van der Waals surface area contributed by atoms with Crippen molar-refractivity contribution in [3.63, 3.8) is 0 Å². The molecule has 0 aliphatic rings. The lowest BCUT2D eigenvalue weighted by molar-refractivity contribution is -0.120. The first-order valence-electron chi connectivity index (χ1n) is 5.28. The average molecular weight is 321 g/mol. The summed E-state index contributed by atoms with van der Waals surface area (Å²) < 4.78 is 0.631. The number of nitrogens with zero attached hydrogens (tertiary/aromatic N) is 1. The van der Waals surface area contributed by atoms with E-state index >= 15 is 0 Å². The zero-order valence-electron chi connectivity index (χ0n) is 9.76. The number of hydrogen-bond donors (Lipinski definition) is 2. The van der Waals surface area contributed by atoms with Gasteiger partial charge in [0, 0.05) is 0 Å². The maximum atomic E-state index is 11.9. The van der Waals surface area contributed by atoms with Crippen LogP contribution in [0.25, 0.3) is 0 Å². The molecule has 1 amide bonds. The third-order valence-electron chi connectivity index (χ3n) is 2.34. The minimum Gasteiger partial charge on any atom is -0.323 e. The molecule has 0 saturated carbocycles. The van der Waals surface area contributed by atoms with Crippen molar-refractivity contribution in [1.82, 2.24) is 4.98 Å². The van der Waals surface area contributed by atoms with Gasteiger partial charge in [-0.15, -0.1) is 0 Å². The van der Waals surface area contributed by atoms with Crippen molar-refractivity contribution >= 4 is 39.1 Å². The lowest BCUT2D eigenvalue weighted by atomic mass is 9.96. The molecule has 4 nitrogen and oxygen atoms in total. The highest BCUT2D eigenvalue weighted by molar-refractivity contribution is 9.10. The summed E-state index contributed by atoms with van der Waals surface area (Å²) in [5.74, 6) is -0.227. The van der Waals surface area contributed by atoms with Crippen molar-refractivity contribution in [3.05, 3.63) is 21.9 Å². The molecule has 6 heteroatoms. The van der Waals surface area contributed by atoms with Crippen LogP contribution in [-0.4, -0.2) is 16.4 Å². The largest absolute Gasteiger partial charge is 0.323 e. The highest BCUT2D eigenvalue weighted by Crippen LogP contribution is 2.23. The van der Waals surface area contributed by atoms with Crippen LogP contribution >= 0.6 is 27.5 Å². The standard InChI is InChI=1S/C11H15BrClN3O/c1-3-4-11(2,14)10(17)16-7-5-8(12)9(13)15-6-7/h5-6H,3-4,14H2,1-2H3,(H,16,17). The van der Waals surface area contributed by atoms with Crippen LogP contribution in [0.1, 0.15) is 26.7 Å². The fraction of sp³-hybridized carbons (Fsp3) is 0.455. The number of nitrogens with one attached hydrogen (secondary N) is 1. The van der Waals surface area contributed by atoms with Crippen LogP contribution in [-0.2, 0) is 4.79 Å². The second-order valence-electron chi connectivity index (χ2n) is 4.12. The van der Waals surface area contributed by atoms with Crippen LogP contribution < -0.4 is 11.1 Å². The molecule has 3 N–H and O–H groups in total. The summed E-state index contributed by atoms with van der Waals surface area (Å²) in [7, 11) is 0. The highest BCUT2D eigenvalue weighted by atomic mass is 79.9. The molecule has 1 aromatic heterocycles. The minimum atomic E-state index is -0.874. The van der Waals surface area contributed by atoms with E-state index in [-0.39, 0.29) is 5.91 Å². The molecule has 0 radical (unpaired) electrons. The normalized spacial score (nSPS) is 14.2. The first kappa shape index (κ1) is 14.4. The Labute approximate surface area is 114 Å². The first-order valence-corrected chi connectivity index (χ1v) is 6.45. The molecular formula is C11H15BrClN3O. The zero-order valence-corrected chi connectivity index (χ0v) is 12.1. The Morgan fingerprint density at radius 1 is 1.71 bits per heavy atom. The number of halogens is 2. The molecule has 1 atom stereocenters. The molecule has 0 aromatic carbocycles. The molecular weight excluding hydrogens is 305 g/mol. The summed E-state index contributed by atoms with van der Waals surface area (Å²) in [4.78, 5) is 15.8. The van der Waals surface area contributed by atoms with E-state index < -0.39 is 5.54 Å². The monoisotopic (exact) mass is 319 g/mol. The van der Waals surface area contributed by atoms with Gasteiger partial charge in [0.05, 0.1) is 21.9 Å². The van der Waals surface area contributed by atoms with Crippen LogP contribution in [0.5, 0.6) is 0 Å². The number of hydrogen-bond acceptors (Lipinski definition) is 3. The van der Waals surface area contributed by atoms with Crippen LogP contribution in [0, 0.1) is 0 Å². The van der Waals surface area contributed by atoms with Crippen molar-refractivity contribution in [1.29, 1.82) is 0 Å². The van der Waals surface area contributed by atoms with Crippen molar-refractivity contribution in [2.24, 2.45) is 5.73 Å². The van der Waals surface area contributed by atoms with Gasteiger partial charge in [0.25, 0.3) is 0 Å². The average Bonchev–Trinajstić information content (AvgIpc) is 2.23. The molecule has 1 heterocycles. The SMILES string of the molecule is CCCC(C)(N)C(=O)Nc1cnc(Cl)c(Br)c1. The third-order valence-corrected chi connectivity index (χ3v) is 3.48. The molecule has 1 rings (SSSR count). The molecule has 0 spiro atoms. The van der Waals surface area contributed by atoms with Crippen molar-refractivity contribution in [2.75, 3.05) is 5.32 Å². The number of rotatable bonds is 4. The van der Waals surface area contributed by atoms with Crippen molar-refractivity contribution < 1.29 is 4.79 Å². The van der Waals surface area contributed by atoms with Crippen LogP contribution in [0.2, 0.25) is 5.15 Å². The minimum absolute atomic E-state index is 0.227. The van der Waals surface area contributed by atoms with Gasteiger partial charge in [0.15, 0.2) is 0 Å². The summed E-state index contributed by atoms with van der Waals surface area (Å²) in [5, 5.41) is 3.07. The number of anilines is 1. The Hall–Kier alpha value is -0.650. The fourth-order valence-corrected chi connectivity index (χ4v) is 1.85. The molecule has 17 heavy (non-hydrogen) atoms. The van der Waals surface area contributed by atoms with E-state index in [1.54, 1.807) is 13.0 Å². The van der Waals surface area contributed by atoms with E-state index in [1.807, 2.05) is 6.92 Å². The Morgan fingerprint density at radius 2 is 2.35 bits per heavy atom. The number of pyridine rings is 1. The van der Waals surface area contributed by atoms with E-state index in [2.05, 4.69) is 26.2 Å². The molecule has 94 valence electrons. The second kappa shape index (κ2) is 5.80. The van der Waals surface area contributed by atoms with Crippen molar-refractivity contribution in [2.45, 2.75) is 32.2 Å². The quantitative estimate of drug-likeness (QED) is 0.838. The number of aromatic nitrogens is 1. The van der Waals surface area contributed by atoms with Gasteiger partial charge in [0.1, 0.15) is 5.15 Å². The zero-order chi connectivity index (χ0) is 13.1. The van der Waals surface area contributed by atoms with Gasteiger partial charge in [-0.3, -0.25) is 4.79 Å². The maximum Gasteiger partial charge on any atom is 0.244 e. The molecule has 0 aliphatic carbocycles.